The monoisotopic (exact) mass is 612 g/mol. The number of para-hydroxylation sites is 1. The van der Waals surface area contributed by atoms with Crippen LogP contribution in [0.3, 0.4) is 0 Å². The largest absolute Gasteiger partial charge is 0.489 e. The van der Waals surface area contributed by atoms with Crippen molar-refractivity contribution in [2.45, 2.75) is 82.0 Å². The molecular formula is C29H35F3N2O7S. The Kier molecular flexibility index (Phi) is 9.12. The van der Waals surface area contributed by atoms with Crippen molar-refractivity contribution < 1.29 is 45.8 Å². The average Bonchev–Trinajstić information content (AvgIpc) is 3.65. The molecule has 0 aromatic heterocycles. The first-order valence-electron chi connectivity index (χ1n) is 13.7. The summed E-state index contributed by atoms with van der Waals surface area (Å²) in [4.78, 5) is 25.4. The molecule has 1 heterocycles. The minimum atomic E-state index is -4.37. The molecule has 1 saturated carbocycles. The molecule has 4 rings (SSSR count). The first kappa shape index (κ1) is 31.6. The molecule has 0 bridgehead atoms. The number of ether oxygens (including phenoxy) is 2. The summed E-state index contributed by atoms with van der Waals surface area (Å²) in [5.41, 5.74) is -0.739. The Labute approximate surface area is 243 Å². The molecule has 0 spiro atoms. The van der Waals surface area contributed by atoms with E-state index < -0.39 is 62.8 Å². The maximum Gasteiger partial charge on any atom is 0.410 e. The second-order valence-electron chi connectivity index (χ2n) is 11.6. The van der Waals surface area contributed by atoms with Crippen molar-refractivity contribution in [2.24, 2.45) is 0 Å². The number of benzene rings is 2. The molecule has 1 saturated heterocycles. The van der Waals surface area contributed by atoms with Gasteiger partial charge in [-0.05, 0) is 51.7 Å². The number of hydrogen-bond acceptors (Lipinski definition) is 6. The standard InChI is InChI=1S/C29H35F3N2O7S/c1-28(2,3)41-27(37)34-15-6-11-22(33-42(38,39)29(32)13-14-29)23(34)17-18-7-4-8-19(25(18)31)20-9-5-10-21(30)26(20)40-16-12-24(35)36/h4-5,7-10,22-23,33H,6,11-17H2,1-3H3,(H,35,36)/t22-,23?/m0/s1. The summed E-state index contributed by atoms with van der Waals surface area (Å²) in [5.74, 6) is -3.02. The number of alkyl halides is 1. The van der Waals surface area contributed by atoms with Gasteiger partial charge in [0.2, 0.25) is 15.0 Å². The number of amides is 1. The zero-order valence-corrected chi connectivity index (χ0v) is 24.5. The molecule has 1 aliphatic carbocycles. The van der Waals surface area contributed by atoms with Crippen molar-refractivity contribution in [3.05, 3.63) is 53.6 Å². The van der Waals surface area contributed by atoms with Gasteiger partial charge < -0.3 is 19.5 Å². The molecule has 1 aliphatic heterocycles. The SMILES string of the molecule is CC(C)(C)OC(=O)N1CCC[C@H](NS(=O)(=O)C2(F)CC2)C1Cc1cccc(-c2cccc(F)c2OCCC(=O)O)c1F. The van der Waals surface area contributed by atoms with Crippen LogP contribution in [0.4, 0.5) is 18.0 Å². The van der Waals surface area contributed by atoms with Crippen molar-refractivity contribution in [1.82, 2.24) is 9.62 Å². The maximum atomic E-state index is 16.1. The molecule has 1 unspecified atom stereocenters. The van der Waals surface area contributed by atoms with Gasteiger partial charge in [-0.1, -0.05) is 30.3 Å². The number of sulfonamides is 1. The van der Waals surface area contributed by atoms with E-state index in [1.54, 1.807) is 20.8 Å². The van der Waals surface area contributed by atoms with Gasteiger partial charge in [-0.15, -0.1) is 0 Å². The van der Waals surface area contributed by atoms with Gasteiger partial charge in [0, 0.05) is 36.6 Å². The summed E-state index contributed by atoms with van der Waals surface area (Å²) in [6.07, 6.45) is -0.829. The van der Waals surface area contributed by atoms with Gasteiger partial charge in [-0.25, -0.2) is 31.1 Å². The van der Waals surface area contributed by atoms with Crippen LogP contribution in [0.15, 0.2) is 36.4 Å². The number of carboxylic acids is 1. The molecule has 2 aromatic rings. The fraction of sp³-hybridized carbons (Fsp3) is 0.517. The fourth-order valence-electron chi connectivity index (χ4n) is 4.94. The number of nitrogens with zero attached hydrogens (tertiary/aromatic N) is 1. The third kappa shape index (κ3) is 7.17. The Morgan fingerprint density at radius 1 is 1.12 bits per heavy atom. The topological polar surface area (TPSA) is 122 Å². The number of carbonyl (C=O) groups excluding carboxylic acids is 1. The van der Waals surface area contributed by atoms with E-state index in [4.69, 9.17) is 14.6 Å². The zero-order chi connectivity index (χ0) is 30.9. The van der Waals surface area contributed by atoms with Gasteiger partial charge in [0.25, 0.3) is 0 Å². The number of halogens is 3. The highest BCUT2D eigenvalue weighted by Crippen LogP contribution is 2.45. The van der Waals surface area contributed by atoms with E-state index in [2.05, 4.69) is 4.72 Å². The molecule has 13 heteroatoms. The Morgan fingerprint density at radius 3 is 2.43 bits per heavy atom. The normalized spacial score (nSPS) is 20.2. The first-order chi connectivity index (χ1) is 19.6. The van der Waals surface area contributed by atoms with Crippen LogP contribution in [0.25, 0.3) is 11.1 Å². The average molecular weight is 613 g/mol. The Hall–Kier alpha value is -3.32. The molecule has 2 atom stereocenters. The van der Waals surface area contributed by atoms with E-state index in [1.165, 1.54) is 35.2 Å². The third-order valence-corrected chi connectivity index (χ3v) is 9.15. The van der Waals surface area contributed by atoms with E-state index in [9.17, 15) is 26.8 Å². The number of likely N-dealkylation sites (tertiary alicyclic amines) is 1. The van der Waals surface area contributed by atoms with Gasteiger partial charge in [0.15, 0.2) is 11.6 Å². The van der Waals surface area contributed by atoms with Crippen molar-refractivity contribution in [2.75, 3.05) is 13.2 Å². The number of hydrogen-bond donors (Lipinski definition) is 2. The summed E-state index contributed by atoms with van der Waals surface area (Å²) >= 11 is 0. The molecular weight excluding hydrogens is 577 g/mol. The number of piperidine rings is 1. The summed E-state index contributed by atoms with van der Waals surface area (Å²) < 4.78 is 84.5. The van der Waals surface area contributed by atoms with Gasteiger partial charge in [0.05, 0.1) is 19.1 Å². The number of aliphatic carboxylic acids is 1. The van der Waals surface area contributed by atoms with Crippen molar-refractivity contribution in [3.63, 3.8) is 0 Å². The lowest BCUT2D eigenvalue weighted by Gasteiger charge is -2.42. The van der Waals surface area contributed by atoms with E-state index in [-0.39, 0.29) is 61.3 Å². The van der Waals surface area contributed by atoms with Gasteiger partial charge >= 0.3 is 12.1 Å². The second kappa shape index (κ2) is 12.1. The van der Waals surface area contributed by atoms with Crippen LogP contribution < -0.4 is 9.46 Å². The van der Waals surface area contributed by atoms with Crippen LogP contribution in [0.1, 0.15) is 58.4 Å². The number of nitrogens with one attached hydrogen (secondary N) is 1. The molecule has 2 aromatic carbocycles. The quantitative estimate of drug-likeness (QED) is 0.379. The van der Waals surface area contributed by atoms with E-state index in [0.717, 1.165) is 6.07 Å². The van der Waals surface area contributed by atoms with Crippen LogP contribution in [0, 0.1) is 11.6 Å². The van der Waals surface area contributed by atoms with Crippen LogP contribution >= 0.6 is 0 Å². The Balaban J connectivity index is 1.69. The first-order valence-corrected chi connectivity index (χ1v) is 15.2. The smallest absolute Gasteiger partial charge is 0.410 e. The Bertz CT molecular complexity index is 1440. The summed E-state index contributed by atoms with van der Waals surface area (Å²) in [5, 5.41) is 6.54. The highest BCUT2D eigenvalue weighted by atomic mass is 32.2. The van der Waals surface area contributed by atoms with Crippen LogP contribution in [0.5, 0.6) is 5.75 Å². The van der Waals surface area contributed by atoms with E-state index in [0.29, 0.717) is 6.42 Å². The maximum absolute atomic E-state index is 16.1. The predicted octanol–water partition coefficient (Wildman–Crippen LogP) is 5.17. The molecule has 2 fully saturated rings. The van der Waals surface area contributed by atoms with Gasteiger partial charge in [0.1, 0.15) is 11.4 Å². The highest BCUT2D eigenvalue weighted by molar-refractivity contribution is 7.91. The van der Waals surface area contributed by atoms with Gasteiger partial charge in [-0.3, -0.25) is 4.79 Å². The lowest BCUT2D eigenvalue weighted by molar-refractivity contribution is -0.137. The fourth-order valence-corrected chi connectivity index (χ4v) is 6.47. The summed E-state index contributed by atoms with van der Waals surface area (Å²) in [6.45, 7) is 4.92. The number of rotatable bonds is 10. The lowest BCUT2D eigenvalue weighted by Crippen LogP contribution is -2.59. The number of carbonyl (C=O) groups is 2. The van der Waals surface area contributed by atoms with Gasteiger partial charge in [-0.2, -0.15) is 0 Å². The molecule has 2 aliphatic rings. The van der Waals surface area contributed by atoms with Crippen LogP contribution in [-0.2, 0) is 26.0 Å². The predicted molar refractivity (Wildman–Crippen MR) is 148 cm³/mol. The highest BCUT2D eigenvalue weighted by Gasteiger charge is 2.57. The van der Waals surface area contributed by atoms with Crippen LogP contribution in [0.2, 0.25) is 0 Å². The van der Waals surface area contributed by atoms with E-state index >= 15 is 4.39 Å². The molecule has 9 nitrogen and oxygen atoms in total. The minimum absolute atomic E-state index is 0.0326. The van der Waals surface area contributed by atoms with E-state index in [1.807, 2.05) is 0 Å². The summed E-state index contributed by atoms with van der Waals surface area (Å²) in [6, 6.07) is 6.46. The Morgan fingerprint density at radius 2 is 1.79 bits per heavy atom. The van der Waals surface area contributed by atoms with Crippen molar-refractivity contribution >= 4 is 22.1 Å². The molecule has 0 radical (unpaired) electrons. The zero-order valence-electron chi connectivity index (χ0n) is 23.7. The lowest BCUT2D eigenvalue weighted by atomic mass is 9.90. The molecule has 1 amide bonds. The third-order valence-electron chi connectivity index (χ3n) is 7.17. The molecule has 42 heavy (non-hydrogen) atoms. The second-order valence-corrected chi connectivity index (χ2v) is 13.6. The summed E-state index contributed by atoms with van der Waals surface area (Å²) in [7, 11) is -4.37. The molecule has 230 valence electrons. The van der Waals surface area contributed by atoms with Crippen molar-refractivity contribution in [1.29, 1.82) is 0 Å². The molecule has 2 N–H and O–H groups in total. The van der Waals surface area contributed by atoms with Crippen LogP contribution in [-0.4, -0.2) is 66.3 Å². The minimum Gasteiger partial charge on any atom is -0.489 e. The number of carboxylic acid groups (broad SMARTS) is 1. The van der Waals surface area contributed by atoms with Crippen molar-refractivity contribution in [3.8, 4) is 16.9 Å².